The molecule has 0 unspecified atom stereocenters. The molecule has 23 heavy (non-hydrogen) atoms. The van der Waals surface area contributed by atoms with Gasteiger partial charge in [-0.1, -0.05) is 17.7 Å². The molecule has 0 aliphatic carbocycles. The van der Waals surface area contributed by atoms with Crippen molar-refractivity contribution in [1.29, 1.82) is 0 Å². The second kappa shape index (κ2) is 10.7. The first-order valence-corrected chi connectivity index (χ1v) is 8.10. The summed E-state index contributed by atoms with van der Waals surface area (Å²) in [6, 6.07) is 5.36. The number of anilines is 1. The van der Waals surface area contributed by atoms with Crippen LogP contribution in [0.5, 0.6) is 5.75 Å². The van der Waals surface area contributed by atoms with E-state index < -0.39 is 0 Å². The number of rotatable bonds is 7. The number of ether oxygens (including phenoxy) is 2. The van der Waals surface area contributed by atoms with Crippen molar-refractivity contribution >= 4 is 35.6 Å². The molecule has 0 aromatic heterocycles. The van der Waals surface area contributed by atoms with Crippen molar-refractivity contribution in [3.63, 3.8) is 0 Å². The van der Waals surface area contributed by atoms with Crippen LogP contribution in [0.15, 0.2) is 18.2 Å². The van der Waals surface area contributed by atoms with E-state index in [1.54, 1.807) is 18.2 Å². The Labute approximate surface area is 148 Å². The average molecular weight is 363 g/mol. The molecule has 1 heterocycles. The molecule has 0 saturated carbocycles. The molecule has 2 N–H and O–H groups in total. The van der Waals surface area contributed by atoms with Crippen molar-refractivity contribution in [3.05, 3.63) is 23.2 Å². The number of hydrogen-bond donors (Lipinski definition) is 2. The minimum atomic E-state index is 0. The number of halogens is 2. The molecule has 1 aliphatic heterocycles. The molecule has 130 valence electrons. The number of carbonyl (C=O) groups is 1. The first-order valence-electron chi connectivity index (χ1n) is 7.73. The summed E-state index contributed by atoms with van der Waals surface area (Å²) < 4.78 is 10.9. The second-order valence-corrected chi connectivity index (χ2v) is 5.58. The highest BCUT2D eigenvalue weighted by atomic mass is 35.5. The van der Waals surface area contributed by atoms with Crippen LogP contribution >= 0.6 is 24.0 Å². The van der Waals surface area contributed by atoms with Crippen LogP contribution in [0, 0.1) is 5.92 Å². The summed E-state index contributed by atoms with van der Waals surface area (Å²) in [5, 5.41) is 6.68. The summed E-state index contributed by atoms with van der Waals surface area (Å²) in [6.45, 7) is 5.22. The molecule has 1 aromatic rings. The third-order valence-corrected chi connectivity index (χ3v) is 3.91. The van der Waals surface area contributed by atoms with E-state index in [1.807, 2.05) is 6.92 Å². The molecule has 0 bridgehead atoms. The van der Waals surface area contributed by atoms with Gasteiger partial charge in [0, 0.05) is 12.5 Å². The SMILES string of the molecule is CCOCCOc1c(Cl)cccc1NC(=O)C1CCNCC1.Cl. The molecule has 1 amide bonds. The molecular weight excluding hydrogens is 339 g/mol. The lowest BCUT2D eigenvalue weighted by atomic mass is 9.97. The number of benzene rings is 1. The molecule has 1 saturated heterocycles. The third-order valence-electron chi connectivity index (χ3n) is 3.61. The van der Waals surface area contributed by atoms with Crippen LogP contribution in [0.4, 0.5) is 5.69 Å². The van der Waals surface area contributed by atoms with Gasteiger partial charge in [-0.2, -0.15) is 0 Å². The molecule has 1 aromatic carbocycles. The van der Waals surface area contributed by atoms with Gasteiger partial charge >= 0.3 is 0 Å². The highest BCUT2D eigenvalue weighted by Gasteiger charge is 2.22. The molecular formula is C16H24Cl2N2O3. The Hall–Kier alpha value is -1.01. The van der Waals surface area contributed by atoms with E-state index in [2.05, 4.69) is 10.6 Å². The first-order chi connectivity index (χ1) is 10.7. The molecule has 0 atom stereocenters. The molecule has 5 nitrogen and oxygen atoms in total. The Bertz CT molecular complexity index is 494. The van der Waals surface area contributed by atoms with Crippen LogP contribution in [0.2, 0.25) is 5.02 Å². The van der Waals surface area contributed by atoms with E-state index in [0.29, 0.717) is 36.3 Å². The van der Waals surface area contributed by atoms with E-state index in [1.165, 1.54) is 0 Å². The van der Waals surface area contributed by atoms with Crippen LogP contribution in [0.1, 0.15) is 19.8 Å². The van der Waals surface area contributed by atoms with Crippen LogP contribution < -0.4 is 15.4 Å². The van der Waals surface area contributed by atoms with E-state index in [9.17, 15) is 4.79 Å². The van der Waals surface area contributed by atoms with Gasteiger partial charge in [-0.15, -0.1) is 12.4 Å². The van der Waals surface area contributed by atoms with Crippen molar-refractivity contribution in [3.8, 4) is 5.75 Å². The summed E-state index contributed by atoms with van der Waals surface area (Å²) in [5.41, 5.74) is 0.618. The van der Waals surface area contributed by atoms with Gasteiger partial charge in [0.05, 0.1) is 17.3 Å². The molecule has 1 fully saturated rings. The highest BCUT2D eigenvalue weighted by Crippen LogP contribution is 2.33. The quantitative estimate of drug-likeness (QED) is 0.731. The minimum Gasteiger partial charge on any atom is -0.487 e. The number of carbonyl (C=O) groups excluding carboxylic acids is 1. The van der Waals surface area contributed by atoms with Crippen molar-refractivity contribution in [2.45, 2.75) is 19.8 Å². The van der Waals surface area contributed by atoms with E-state index in [-0.39, 0.29) is 24.2 Å². The Morgan fingerprint density at radius 2 is 2.09 bits per heavy atom. The van der Waals surface area contributed by atoms with E-state index in [0.717, 1.165) is 25.9 Å². The van der Waals surface area contributed by atoms with Crippen LogP contribution in [0.25, 0.3) is 0 Å². The Balaban J connectivity index is 0.00000264. The summed E-state index contributed by atoms with van der Waals surface area (Å²) >= 11 is 6.18. The minimum absolute atomic E-state index is 0. The zero-order valence-electron chi connectivity index (χ0n) is 13.3. The first kappa shape index (κ1) is 20.0. The van der Waals surface area contributed by atoms with Crippen LogP contribution in [-0.4, -0.2) is 38.8 Å². The Kier molecular flexibility index (Phi) is 9.33. The smallest absolute Gasteiger partial charge is 0.227 e. The van der Waals surface area contributed by atoms with Crippen molar-refractivity contribution < 1.29 is 14.3 Å². The topological polar surface area (TPSA) is 59.6 Å². The Morgan fingerprint density at radius 1 is 1.35 bits per heavy atom. The van der Waals surface area contributed by atoms with Crippen molar-refractivity contribution in [2.75, 3.05) is 38.2 Å². The number of hydrogen-bond acceptors (Lipinski definition) is 4. The van der Waals surface area contributed by atoms with Crippen molar-refractivity contribution in [2.24, 2.45) is 5.92 Å². The zero-order chi connectivity index (χ0) is 15.8. The molecule has 7 heteroatoms. The monoisotopic (exact) mass is 362 g/mol. The standard InChI is InChI=1S/C16H23ClN2O3.ClH/c1-2-21-10-11-22-15-13(17)4-3-5-14(15)19-16(20)12-6-8-18-9-7-12;/h3-5,12,18H,2,6-11H2,1H3,(H,19,20);1H. The molecule has 1 aliphatic rings. The van der Waals surface area contributed by atoms with Gasteiger partial charge < -0.3 is 20.1 Å². The van der Waals surface area contributed by atoms with Crippen molar-refractivity contribution in [1.82, 2.24) is 5.32 Å². The maximum Gasteiger partial charge on any atom is 0.227 e. The highest BCUT2D eigenvalue weighted by molar-refractivity contribution is 6.32. The fourth-order valence-electron chi connectivity index (χ4n) is 2.42. The summed E-state index contributed by atoms with van der Waals surface area (Å²) in [6.07, 6.45) is 1.71. The lowest BCUT2D eigenvalue weighted by Gasteiger charge is -2.22. The van der Waals surface area contributed by atoms with Gasteiger partial charge in [0.25, 0.3) is 0 Å². The fraction of sp³-hybridized carbons (Fsp3) is 0.562. The molecule has 2 rings (SSSR count). The fourth-order valence-corrected chi connectivity index (χ4v) is 2.65. The van der Waals surface area contributed by atoms with Gasteiger partial charge in [-0.3, -0.25) is 4.79 Å². The van der Waals surface area contributed by atoms with Gasteiger partial charge in [0.1, 0.15) is 6.61 Å². The average Bonchev–Trinajstić information content (AvgIpc) is 2.54. The molecule has 0 radical (unpaired) electrons. The van der Waals surface area contributed by atoms with E-state index >= 15 is 0 Å². The van der Waals surface area contributed by atoms with Gasteiger partial charge in [0.2, 0.25) is 5.91 Å². The van der Waals surface area contributed by atoms with E-state index in [4.69, 9.17) is 21.1 Å². The normalized spacial score (nSPS) is 14.9. The molecule has 0 spiro atoms. The summed E-state index contributed by atoms with van der Waals surface area (Å²) in [4.78, 5) is 12.3. The maximum absolute atomic E-state index is 12.3. The predicted octanol–water partition coefficient (Wildman–Crippen LogP) is 3.12. The van der Waals surface area contributed by atoms with Gasteiger partial charge in [-0.05, 0) is 45.0 Å². The number of para-hydroxylation sites is 1. The summed E-state index contributed by atoms with van der Waals surface area (Å²) in [5.74, 6) is 0.570. The van der Waals surface area contributed by atoms with Gasteiger partial charge in [-0.25, -0.2) is 0 Å². The maximum atomic E-state index is 12.3. The third kappa shape index (κ3) is 6.18. The Morgan fingerprint density at radius 3 is 2.78 bits per heavy atom. The van der Waals surface area contributed by atoms with Crippen LogP contribution in [-0.2, 0) is 9.53 Å². The lowest BCUT2D eigenvalue weighted by molar-refractivity contribution is -0.120. The zero-order valence-corrected chi connectivity index (χ0v) is 14.8. The number of nitrogens with one attached hydrogen (secondary N) is 2. The largest absolute Gasteiger partial charge is 0.487 e. The second-order valence-electron chi connectivity index (χ2n) is 5.18. The lowest BCUT2D eigenvalue weighted by Crippen LogP contribution is -2.34. The predicted molar refractivity (Wildman–Crippen MR) is 94.9 cm³/mol. The van der Waals surface area contributed by atoms with Crippen LogP contribution in [0.3, 0.4) is 0 Å². The number of amides is 1. The van der Waals surface area contributed by atoms with Gasteiger partial charge in [0.15, 0.2) is 5.75 Å². The summed E-state index contributed by atoms with van der Waals surface area (Å²) in [7, 11) is 0. The number of piperidine rings is 1.